The fourth-order valence-electron chi connectivity index (χ4n) is 1.41. The Balaban J connectivity index is 2.94. The van der Waals surface area contributed by atoms with E-state index in [0.29, 0.717) is 19.3 Å². The zero-order chi connectivity index (χ0) is 13.6. The molecule has 0 heterocycles. The minimum Gasteiger partial charge on any atom is -0.492 e. The van der Waals surface area contributed by atoms with Crippen LogP contribution in [-0.4, -0.2) is 26.6 Å². The molecule has 0 N–H and O–H groups in total. The summed E-state index contributed by atoms with van der Waals surface area (Å²) in [5, 5.41) is 0. The summed E-state index contributed by atoms with van der Waals surface area (Å²) in [5.74, 6) is -0.420. The summed E-state index contributed by atoms with van der Waals surface area (Å²) < 4.78 is 48.0. The summed E-state index contributed by atoms with van der Waals surface area (Å²) in [6, 6.07) is 3.35. The van der Waals surface area contributed by atoms with Crippen LogP contribution >= 0.6 is 0 Å². The lowest BCUT2D eigenvalue weighted by atomic mass is 10.1. The van der Waals surface area contributed by atoms with Crippen molar-refractivity contribution in [1.29, 1.82) is 0 Å². The topological polar surface area (TPSA) is 35.5 Å². The molecule has 0 aliphatic rings. The van der Waals surface area contributed by atoms with Crippen molar-refractivity contribution < 1.29 is 27.4 Å². The van der Waals surface area contributed by atoms with Crippen LogP contribution in [0.25, 0.3) is 0 Å². The maximum Gasteiger partial charge on any atom is 0.419 e. The molecule has 0 radical (unpaired) electrons. The molecule has 6 heteroatoms. The van der Waals surface area contributed by atoms with Crippen LogP contribution in [0.4, 0.5) is 13.2 Å². The van der Waals surface area contributed by atoms with Crippen LogP contribution in [0.5, 0.6) is 5.75 Å². The lowest BCUT2D eigenvalue weighted by Crippen LogP contribution is -2.12. The van der Waals surface area contributed by atoms with Crippen molar-refractivity contribution in [3.8, 4) is 5.75 Å². The van der Waals surface area contributed by atoms with Gasteiger partial charge in [-0.05, 0) is 12.1 Å². The molecule has 0 bridgehead atoms. The molecule has 0 aromatic heterocycles. The van der Waals surface area contributed by atoms with E-state index in [0.717, 1.165) is 6.07 Å². The van der Waals surface area contributed by atoms with Gasteiger partial charge in [-0.3, -0.25) is 4.79 Å². The number of benzene rings is 1. The molecule has 1 aromatic carbocycles. The Bertz CT molecular complexity index is 402. The number of rotatable bonds is 6. The second-order valence-corrected chi connectivity index (χ2v) is 3.53. The maximum atomic E-state index is 12.7. The monoisotopic (exact) mass is 262 g/mol. The van der Waals surface area contributed by atoms with Crippen LogP contribution in [0.3, 0.4) is 0 Å². The first-order chi connectivity index (χ1) is 8.50. The first-order valence-electron chi connectivity index (χ1n) is 5.28. The van der Waals surface area contributed by atoms with Crippen LogP contribution in [0.2, 0.25) is 0 Å². The van der Waals surface area contributed by atoms with Gasteiger partial charge >= 0.3 is 6.18 Å². The molecule has 0 saturated carbocycles. The highest BCUT2D eigenvalue weighted by atomic mass is 19.4. The van der Waals surface area contributed by atoms with Crippen molar-refractivity contribution in [2.45, 2.75) is 12.6 Å². The Morgan fingerprint density at radius 1 is 1.28 bits per heavy atom. The first-order valence-corrected chi connectivity index (χ1v) is 5.28. The van der Waals surface area contributed by atoms with Gasteiger partial charge in [0, 0.05) is 20.1 Å². The van der Waals surface area contributed by atoms with Crippen molar-refractivity contribution in [3.05, 3.63) is 29.3 Å². The maximum absolute atomic E-state index is 12.7. The standard InChI is InChI=1S/C12H13F3O3/c1-17-6-3-7-18-11-9(8-16)4-2-5-10(11)12(13,14)15/h2,4-5,8H,3,6-7H2,1H3. The Morgan fingerprint density at radius 2 is 2.00 bits per heavy atom. The second-order valence-electron chi connectivity index (χ2n) is 3.53. The average molecular weight is 262 g/mol. The lowest BCUT2D eigenvalue weighted by Gasteiger charge is -2.15. The van der Waals surface area contributed by atoms with Gasteiger partial charge in [-0.25, -0.2) is 0 Å². The fourth-order valence-corrected chi connectivity index (χ4v) is 1.41. The smallest absolute Gasteiger partial charge is 0.419 e. The van der Waals surface area contributed by atoms with Crippen LogP contribution in [-0.2, 0) is 10.9 Å². The van der Waals surface area contributed by atoms with Gasteiger partial charge in [0.1, 0.15) is 5.75 Å². The molecule has 3 nitrogen and oxygen atoms in total. The molecular formula is C12H13F3O3. The third-order valence-corrected chi connectivity index (χ3v) is 2.22. The van der Waals surface area contributed by atoms with E-state index in [-0.39, 0.29) is 12.2 Å². The van der Waals surface area contributed by atoms with E-state index in [1.165, 1.54) is 19.2 Å². The number of para-hydroxylation sites is 1. The number of carbonyl (C=O) groups excluding carboxylic acids is 1. The van der Waals surface area contributed by atoms with Crippen molar-refractivity contribution in [3.63, 3.8) is 0 Å². The molecule has 0 fully saturated rings. The average Bonchev–Trinajstić information content (AvgIpc) is 2.33. The van der Waals surface area contributed by atoms with Gasteiger partial charge in [0.25, 0.3) is 0 Å². The molecular weight excluding hydrogens is 249 g/mol. The molecule has 18 heavy (non-hydrogen) atoms. The van der Waals surface area contributed by atoms with Crippen LogP contribution < -0.4 is 4.74 Å². The van der Waals surface area contributed by atoms with Gasteiger partial charge in [0.05, 0.1) is 17.7 Å². The summed E-state index contributed by atoms with van der Waals surface area (Å²) in [5.41, 5.74) is -1.05. The molecule has 0 unspecified atom stereocenters. The number of hydrogen-bond donors (Lipinski definition) is 0. The number of methoxy groups -OCH3 is 1. The molecule has 1 aromatic rings. The van der Waals surface area contributed by atoms with E-state index < -0.39 is 17.5 Å². The Labute approximate surface area is 103 Å². The van der Waals surface area contributed by atoms with Crippen molar-refractivity contribution in [2.24, 2.45) is 0 Å². The number of halogens is 3. The summed E-state index contributed by atoms with van der Waals surface area (Å²) in [6.45, 7) is 0.437. The SMILES string of the molecule is COCCCOc1c(C=O)cccc1C(F)(F)F. The predicted octanol–water partition coefficient (Wildman–Crippen LogP) is 2.93. The minimum atomic E-state index is -4.55. The third-order valence-electron chi connectivity index (χ3n) is 2.22. The van der Waals surface area contributed by atoms with Gasteiger partial charge in [-0.1, -0.05) is 6.07 Å². The van der Waals surface area contributed by atoms with Gasteiger partial charge in [-0.15, -0.1) is 0 Å². The van der Waals surface area contributed by atoms with Gasteiger partial charge in [0.2, 0.25) is 0 Å². The predicted molar refractivity (Wildman–Crippen MR) is 58.8 cm³/mol. The highest BCUT2D eigenvalue weighted by Gasteiger charge is 2.35. The highest BCUT2D eigenvalue weighted by Crippen LogP contribution is 2.37. The molecule has 0 saturated heterocycles. The number of ether oxygens (including phenoxy) is 2. The summed E-state index contributed by atoms with van der Waals surface area (Å²) >= 11 is 0. The normalized spacial score (nSPS) is 11.3. The summed E-state index contributed by atoms with van der Waals surface area (Å²) in [6.07, 6.45) is -3.75. The molecule has 0 aliphatic carbocycles. The molecule has 0 aliphatic heterocycles. The Morgan fingerprint density at radius 3 is 2.56 bits per heavy atom. The first kappa shape index (κ1) is 14.5. The number of aldehydes is 1. The quantitative estimate of drug-likeness (QED) is 0.584. The van der Waals surface area contributed by atoms with E-state index >= 15 is 0 Å². The van der Waals surface area contributed by atoms with Crippen molar-refractivity contribution in [2.75, 3.05) is 20.3 Å². The number of alkyl halides is 3. The molecule has 0 spiro atoms. The van der Waals surface area contributed by atoms with Gasteiger partial charge in [0.15, 0.2) is 6.29 Å². The highest BCUT2D eigenvalue weighted by molar-refractivity contribution is 5.80. The van der Waals surface area contributed by atoms with E-state index in [2.05, 4.69) is 0 Å². The number of carbonyl (C=O) groups is 1. The lowest BCUT2D eigenvalue weighted by molar-refractivity contribution is -0.139. The van der Waals surface area contributed by atoms with Crippen LogP contribution in [0, 0.1) is 0 Å². The van der Waals surface area contributed by atoms with Crippen LogP contribution in [0.15, 0.2) is 18.2 Å². The molecule has 0 amide bonds. The van der Waals surface area contributed by atoms with Crippen molar-refractivity contribution in [1.82, 2.24) is 0 Å². The van der Waals surface area contributed by atoms with Gasteiger partial charge in [-0.2, -0.15) is 13.2 Å². The Kier molecular flexibility index (Phi) is 5.15. The largest absolute Gasteiger partial charge is 0.492 e. The van der Waals surface area contributed by atoms with Gasteiger partial charge < -0.3 is 9.47 Å². The molecule has 1 rings (SSSR count). The minimum absolute atomic E-state index is 0.0573. The number of hydrogen-bond acceptors (Lipinski definition) is 3. The zero-order valence-electron chi connectivity index (χ0n) is 9.79. The van der Waals surface area contributed by atoms with E-state index in [4.69, 9.17) is 9.47 Å². The zero-order valence-corrected chi connectivity index (χ0v) is 9.79. The summed E-state index contributed by atoms with van der Waals surface area (Å²) in [4.78, 5) is 10.7. The molecule has 0 atom stereocenters. The van der Waals surface area contributed by atoms with Crippen LogP contribution in [0.1, 0.15) is 22.3 Å². The summed E-state index contributed by atoms with van der Waals surface area (Å²) in [7, 11) is 1.49. The Hall–Kier alpha value is -1.56. The second kappa shape index (κ2) is 6.39. The van der Waals surface area contributed by atoms with E-state index in [1.807, 2.05) is 0 Å². The van der Waals surface area contributed by atoms with Crippen molar-refractivity contribution >= 4 is 6.29 Å². The third kappa shape index (κ3) is 3.73. The fraction of sp³-hybridized carbons (Fsp3) is 0.417. The van der Waals surface area contributed by atoms with E-state index in [9.17, 15) is 18.0 Å². The van der Waals surface area contributed by atoms with E-state index in [1.54, 1.807) is 0 Å². The molecule has 100 valence electrons.